The minimum Gasteiger partial charge on any atom is -0.466 e. The molecule has 10 heteroatoms. The molecule has 1 aromatic rings. The highest BCUT2D eigenvalue weighted by molar-refractivity contribution is 7.98. The molecule has 0 aromatic heterocycles. The third-order valence-corrected chi connectivity index (χ3v) is 5.14. The van der Waals surface area contributed by atoms with Crippen molar-refractivity contribution in [2.24, 2.45) is 5.14 Å². The molecule has 0 spiro atoms. The summed E-state index contributed by atoms with van der Waals surface area (Å²) in [6.45, 7) is 2.12. The second-order valence-electron chi connectivity index (χ2n) is 5.43. The van der Waals surface area contributed by atoms with Crippen molar-refractivity contribution in [3.63, 3.8) is 0 Å². The molecular weight excluding hydrogens is 375 g/mol. The van der Waals surface area contributed by atoms with Gasteiger partial charge in [-0.15, -0.1) is 0 Å². The fraction of sp³-hybridized carbons (Fsp3) is 0.533. The topological polar surface area (TPSA) is 76.4 Å². The van der Waals surface area contributed by atoms with Crippen LogP contribution in [0.4, 0.5) is 18.9 Å². The minimum atomic E-state index is -4.46. The second kappa shape index (κ2) is 9.02. The Morgan fingerprint density at radius 3 is 2.80 bits per heavy atom. The first-order valence-corrected chi connectivity index (χ1v) is 9.51. The van der Waals surface area contributed by atoms with E-state index in [1.807, 2.05) is 0 Å². The molecule has 1 aliphatic rings. The molecular formula is C15H20F3N3O2S2. The maximum atomic E-state index is 13.1. The number of hydrogen-bond donors (Lipinski definition) is 3. The molecule has 1 heterocycles. The van der Waals surface area contributed by atoms with Crippen molar-refractivity contribution in [2.75, 3.05) is 11.9 Å². The highest BCUT2D eigenvalue weighted by Crippen LogP contribution is 2.42. The van der Waals surface area contributed by atoms with E-state index in [0.717, 1.165) is 12.5 Å². The number of carbonyl (C=O) groups is 1. The van der Waals surface area contributed by atoms with Gasteiger partial charge in [0.2, 0.25) is 0 Å². The van der Waals surface area contributed by atoms with Gasteiger partial charge in [0.1, 0.15) is 0 Å². The predicted molar refractivity (Wildman–Crippen MR) is 93.0 cm³/mol. The van der Waals surface area contributed by atoms with E-state index >= 15 is 0 Å². The largest absolute Gasteiger partial charge is 0.466 e. The monoisotopic (exact) mass is 395 g/mol. The Labute approximate surface area is 152 Å². The Bertz CT molecular complexity index is 614. The molecule has 0 saturated carbocycles. The Morgan fingerprint density at radius 1 is 1.40 bits per heavy atom. The number of esters is 1. The van der Waals surface area contributed by atoms with Crippen molar-refractivity contribution >= 4 is 35.6 Å². The lowest BCUT2D eigenvalue weighted by Gasteiger charge is -2.29. The third-order valence-electron chi connectivity index (χ3n) is 3.58. The normalized spacial score (nSPS) is 16.9. The Hall–Kier alpha value is -1.10. The van der Waals surface area contributed by atoms with Gasteiger partial charge in [-0.3, -0.25) is 9.93 Å². The number of benzene rings is 1. The average Bonchev–Trinajstić information content (AvgIpc) is 2.57. The van der Waals surface area contributed by atoms with E-state index < -0.39 is 11.7 Å². The fourth-order valence-corrected chi connectivity index (χ4v) is 3.82. The fourth-order valence-electron chi connectivity index (χ4n) is 2.41. The summed E-state index contributed by atoms with van der Waals surface area (Å²) in [5, 5.41) is 8.44. The first-order valence-electron chi connectivity index (χ1n) is 7.81. The van der Waals surface area contributed by atoms with Gasteiger partial charge >= 0.3 is 12.1 Å². The highest BCUT2D eigenvalue weighted by atomic mass is 32.2. The van der Waals surface area contributed by atoms with Gasteiger partial charge < -0.3 is 10.1 Å². The Kier molecular flexibility index (Phi) is 7.29. The summed E-state index contributed by atoms with van der Waals surface area (Å²) < 4.78 is 47.4. The van der Waals surface area contributed by atoms with Crippen LogP contribution in [0.15, 0.2) is 21.9 Å². The summed E-state index contributed by atoms with van der Waals surface area (Å²) in [4.78, 5) is 11.9. The molecule has 0 amide bonds. The van der Waals surface area contributed by atoms with Crippen molar-refractivity contribution in [3.05, 3.63) is 17.7 Å². The van der Waals surface area contributed by atoms with Crippen molar-refractivity contribution in [2.45, 2.75) is 54.7 Å². The molecule has 0 bridgehead atoms. The molecule has 0 saturated heterocycles. The van der Waals surface area contributed by atoms with E-state index in [4.69, 9.17) is 9.88 Å². The first-order chi connectivity index (χ1) is 11.8. The van der Waals surface area contributed by atoms with Crippen molar-refractivity contribution in [1.29, 1.82) is 0 Å². The zero-order valence-electron chi connectivity index (χ0n) is 13.6. The van der Waals surface area contributed by atoms with Crippen molar-refractivity contribution < 1.29 is 22.7 Å². The SMILES string of the molecule is CCOC(=O)CCCCC1NSc2cc(SN)c(C(F)(F)F)cc2N1. The number of anilines is 1. The Balaban J connectivity index is 1.95. The van der Waals surface area contributed by atoms with Crippen LogP contribution in [0.5, 0.6) is 0 Å². The molecule has 0 fully saturated rings. The first kappa shape index (κ1) is 20.2. The second-order valence-corrected chi connectivity index (χ2v) is 6.98. The summed E-state index contributed by atoms with van der Waals surface area (Å²) in [7, 11) is 0. The zero-order valence-corrected chi connectivity index (χ0v) is 15.2. The standard InChI is InChI=1S/C15H20F3N3O2S2/c1-2-23-14(22)6-4-3-5-13-20-10-7-9(15(16,17)18)11(24-19)8-12(10)25-21-13/h7-8,13,20-21H,2-6,19H2,1H3. The number of hydrogen-bond acceptors (Lipinski definition) is 7. The number of rotatable bonds is 7. The molecule has 1 aliphatic heterocycles. The summed E-state index contributed by atoms with van der Waals surface area (Å²) in [5.41, 5.74) is -0.306. The van der Waals surface area contributed by atoms with Gasteiger partial charge in [-0.05, 0) is 62.2 Å². The van der Waals surface area contributed by atoms with E-state index in [1.165, 1.54) is 18.0 Å². The Morgan fingerprint density at radius 2 is 2.16 bits per heavy atom. The van der Waals surface area contributed by atoms with Crippen LogP contribution >= 0.6 is 23.9 Å². The molecule has 4 N–H and O–H groups in total. The molecule has 1 unspecified atom stereocenters. The molecule has 5 nitrogen and oxygen atoms in total. The van der Waals surface area contributed by atoms with Gasteiger partial charge in [-0.25, -0.2) is 4.72 Å². The van der Waals surface area contributed by atoms with Crippen LogP contribution in [0.25, 0.3) is 0 Å². The van der Waals surface area contributed by atoms with Crippen molar-refractivity contribution in [1.82, 2.24) is 4.72 Å². The molecule has 1 aromatic carbocycles. The van der Waals surface area contributed by atoms with Gasteiger partial charge in [-0.2, -0.15) is 13.2 Å². The molecule has 140 valence electrons. The van der Waals surface area contributed by atoms with Gasteiger partial charge in [0.25, 0.3) is 0 Å². The van der Waals surface area contributed by atoms with Crippen LogP contribution in [0, 0.1) is 0 Å². The van der Waals surface area contributed by atoms with Gasteiger partial charge in [-0.1, -0.05) is 0 Å². The number of unbranched alkanes of at least 4 members (excludes halogenated alkanes) is 1. The number of ether oxygens (including phenoxy) is 1. The lowest BCUT2D eigenvalue weighted by Crippen LogP contribution is -2.35. The molecule has 25 heavy (non-hydrogen) atoms. The van der Waals surface area contributed by atoms with Crippen LogP contribution in [-0.2, 0) is 15.7 Å². The number of alkyl halides is 3. The van der Waals surface area contributed by atoms with E-state index in [0.29, 0.717) is 48.4 Å². The number of nitrogens with two attached hydrogens (primary N) is 1. The predicted octanol–water partition coefficient (Wildman–Crippen LogP) is 4.14. The number of fused-ring (bicyclic) bond motifs is 1. The van der Waals surface area contributed by atoms with E-state index in [1.54, 1.807) is 6.92 Å². The zero-order chi connectivity index (χ0) is 18.4. The summed E-state index contributed by atoms with van der Waals surface area (Å²) in [6, 6.07) is 2.54. The van der Waals surface area contributed by atoms with Gasteiger partial charge in [0.05, 0.1) is 24.0 Å². The lowest BCUT2D eigenvalue weighted by atomic mass is 10.1. The minimum absolute atomic E-state index is 0.00441. The molecule has 0 aliphatic carbocycles. The maximum absolute atomic E-state index is 13.1. The highest BCUT2D eigenvalue weighted by Gasteiger charge is 2.35. The lowest BCUT2D eigenvalue weighted by molar-refractivity contribution is -0.143. The third kappa shape index (κ3) is 5.70. The number of carbonyl (C=O) groups excluding carboxylic acids is 1. The van der Waals surface area contributed by atoms with Gasteiger partial charge in [0, 0.05) is 16.2 Å². The van der Waals surface area contributed by atoms with Crippen LogP contribution in [0.2, 0.25) is 0 Å². The average molecular weight is 395 g/mol. The van der Waals surface area contributed by atoms with Crippen molar-refractivity contribution in [3.8, 4) is 0 Å². The van der Waals surface area contributed by atoms with E-state index in [-0.39, 0.29) is 17.0 Å². The number of halogens is 3. The van der Waals surface area contributed by atoms with Crippen LogP contribution in [0.1, 0.15) is 38.2 Å². The molecule has 2 rings (SSSR count). The quantitative estimate of drug-likeness (QED) is 0.364. The molecule has 0 radical (unpaired) electrons. The number of nitrogens with one attached hydrogen (secondary N) is 2. The van der Waals surface area contributed by atoms with Crippen LogP contribution in [0.3, 0.4) is 0 Å². The molecule has 1 atom stereocenters. The van der Waals surface area contributed by atoms with Crippen LogP contribution in [-0.4, -0.2) is 18.7 Å². The summed E-state index contributed by atoms with van der Waals surface area (Å²) >= 11 is 1.86. The van der Waals surface area contributed by atoms with E-state index in [9.17, 15) is 18.0 Å². The summed E-state index contributed by atoms with van der Waals surface area (Å²) in [5.74, 6) is -0.228. The maximum Gasteiger partial charge on any atom is 0.417 e. The smallest absolute Gasteiger partial charge is 0.417 e. The van der Waals surface area contributed by atoms with Crippen LogP contribution < -0.4 is 15.2 Å². The van der Waals surface area contributed by atoms with Gasteiger partial charge in [0.15, 0.2) is 0 Å². The van der Waals surface area contributed by atoms with E-state index in [2.05, 4.69) is 10.0 Å². The summed E-state index contributed by atoms with van der Waals surface area (Å²) in [6.07, 6.45) is -2.17.